The molecule has 18 heavy (non-hydrogen) atoms. The van der Waals surface area contributed by atoms with E-state index in [1.165, 1.54) is 11.3 Å². The van der Waals surface area contributed by atoms with Crippen molar-refractivity contribution in [2.24, 2.45) is 5.73 Å². The van der Waals surface area contributed by atoms with E-state index in [1.54, 1.807) is 6.20 Å². The van der Waals surface area contributed by atoms with Gasteiger partial charge in [-0.25, -0.2) is 0 Å². The summed E-state index contributed by atoms with van der Waals surface area (Å²) < 4.78 is 0. The Labute approximate surface area is 108 Å². The van der Waals surface area contributed by atoms with Gasteiger partial charge < -0.3 is 5.73 Å². The smallest absolute Gasteiger partial charge is 0.165 e. The summed E-state index contributed by atoms with van der Waals surface area (Å²) in [6.45, 7) is 0. The van der Waals surface area contributed by atoms with Crippen LogP contribution in [0.4, 0.5) is 0 Å². The Morgan fingerprint density at radius 2 is 1.94 bits per heavy atom. The highest BCUT2D eigenvalue weighted by Crippen LogP contribution is 2.27. The first-order chi connectivity index (χ1) is 8.84. The number of H-pyrrole nitrogens is 1. The van der Waals surface area contributed by atoms with E-state index in [0.29, 0.717) is 0 Å². The van der Waals surface area contributed by atoms with Gasteiger partial charge in [0, 0.05) is 6.20 Å². The maximum absolute atomic E-state index is 6.17. The lowest BCUT2D eigenvalue weighted by Crippen LogP contribution is -2.11. The van der Waals surface area contributed by atoms with Crippen molar-refractivity contribution in [1.82, 2.24) is 20.4 Å². The average Bonchev–Trinajstić information content (AvgIpc) is 3.09. The van der Waals surface area contributed by atoms with Gasteiger partial charge in [-0.05, 0) is 11.6 Å². The molecule has 1 aromatic carbocycles. The van der Waals surface area contributed by atoms with Crippen LogP contribution in [0.1, 0.15) is 16.6 Å². The van der Waals surface area contributed by atoms with Crippen molar-refractivity contribution in [3.05, 3.63) is 53.2 Å². The molecule has 0 saturated heterocycles. The number of benzene rings is 1. The molecule has 0 radical (unpaired) electrons. The second-order valence-corrected chi connectivity index (χ2v) is 4.81. The zero-order valence-corrected chi connectivity index (χ0v) is 10.3. The van der Waals surface area contributed by atoms with Crippen LogP contribution in [0.15, 0.2) is 42.6 Å². The fourth-order valence-corrected chi connectivity index (χ4v) is 2.50. The molecule has 0 aliphatic heterocycles. The highest BCUT2D eigenvalue weighted by atomic mass is 32.1. The molecule has 2 aromatic heterocycles. The van der Waals surface area contributed by atoms with Gasteiger partial charge in [-0.3, -0.25) is 5.10 Å². The number of nitrogens with zero attached hydrogens (tertiary/aromatic N) is 3. The number of hydrogen-bond donors (Lipinski definition) is 2. The highest BCUT2D eigenvalue weighted by molar-refractivity contribution is 7.14. The van der Waals surface area contributed by atoms with E-state index in [-0.39, 0.29) is 6.04 Å². The number of rotatable bonds is 3. The number of hydrogen-bond acceptors (Lipinski definition) is 5. The molecule has 3 aromatic rings. The van der Waals surface area contributed by atoms with Gasteiger partial charge in [-0.2, -0.15) is 5.10 Å². The van der Waals surface area contributed by atoms with Crippen LogP contribution in [-0.4, -0.2) is 20.4 Å². The van der Waals surface area contributed by atoms with Gasteiger partial charge in [0.05, 0.1) is 11.7 Å². The molecule has 0 amide bonds. The molecule has 0 aliphatic carbocycles. The quantitative estimate of drug-likeness (QED) is 0.751. The molecule has 0 bridgehead atoms. The molecule has 0 aliphatic rings. The molecule has 3 rings (SSSR count). The first-order valence-electron chi connectivity index (χ1n) is 5.48. The molecule has 1 atom stereocenters. The molecule has 0 saturated carbocycles. The van der Waals surface area contributed by atoms with Gasteiger partial charge in [-0.15, -0.1) is 10.2 Å². The summed E-state index contributed by atoms with van der Waals surface area (Å²) in [5, 5.41) is 16.6. The molecule has 0 spiro atoms. The van der Waals surface area contributed by atoms with Gasteiger partial charge in [-0.1, -0.05) is 41.7 Å². The van der Waals surface area contributed by atoms with Crippen molar-refractivity contribution in [2.45, 2.75) is 6.04 Å². The van der Waals surface area contributed by atoms with Crippen molar-refractivity contribution in [1.29, 1.82) is 0 Å². The number of nitrogens with two attached hydrogens (primary N) is 1. The Kier molecular flexibility index (Phi) is 2.87. The van der Waals surface area contributed by atoms with Crippen molar-refractivity contribution in [3.63, 3.8) is 0 Å². The van der Waals surface area contributed by atoms with E-state index in [4.69, 9.17) is 5.73 Å². The van der Waals surface area contributed by atoms with Crippen molar-refractivity contribution in [2.75, 3.05) is 0 Å². The lowest BCUT2D eigenvalue weighted by Gasteiger charge is -2.06. The number of aromatic nitrogens is 4. The first kappa shape index (κ1) is 11.1. The molecular weight excluding hydrogens is 246 g/mol. The van der Waals surface area contributed by atoms with E-state index in [0.717, 1.165) is 21.3 Å². The summed E-state index contributed by atoms with van der Waals surface area (Å²) in [7, 11) is 0. The monoisotopic (exact) mass is 257 g/mol. The summed E-state index contributed by atoms with van der Waals surface area (Å²) in [5.41, 5.74) is 8.06. The van der Waals surface area contributed by atoms with E-state index in [9.17, 15) is 0 Å². The van der Waals surface area contributed by atoms with E-state index >= 15 is 0 Å². The minimum Gasteiger partial charge on any atom is -0.318 e. The van der Waals surface area contributed by atoms with Crippen LogP contribution in [-0.2, 0) is 0 Å². The van der Waals surface area contributed by atoms with Crippen molar-refractivity contribution < 1.29 is 0 Å². The molecule has 3 N–H and O–H groups in total. The summed E-state index contributed by atoms with van der Waals surface area (Å²) in [6.07, 6.45) is 1.69. The Balaban J connectivity index is 1.90. The molecule has 90 valence electrons. The molecular formula is C12H11N5S. The topological polar surface area (TPSA) is 80.5 Å². The van der Waals surface area contributed by atoms with Gasteiger partial charge in [0.15, 0.2) is 5.01 Å². The van der Waals surface area contributed by atoms with Crippen LogP contribution in [0.5, 0.6) is 0 Å². The van der Waals surface area contributed by atoms with Gasteiger partial charge in [0.2, 0.25) is 0 Å². The maximum atomic E-state index is 6.17. The Morgan fingerprint density at radius 3 is 2.67 bits per heavy atom. The minimum absolute atomic E-state index is 0.236. The number of aromatic amines is 1. The average molecular weight is 257 g/mol. The zero-order chi connectivity index (χ0) is 12.4. The Morgan fingerprint density at radius 1 is 1.11 bits per heavy atom. The SMILES string of the molecule is NC(c1ccccc1)c1nnc(-c2ccn[nH]2)s1. The third kappa shape index (κ3) is 2.03. The van der Waals surface area contributed by atoms with E-state index < -0.39 is 0 Å². The van der Waals surface area contributed by atoms with Gasteiger partial charge in [0.1, 0.15) is 5.01 Å². The Bertz CT molecular complexity index is 617. The third-order valence-electron chi connectivity index (χ3n) is 2.60. The van der Waals surface area contributed by atoms with Crippen LogP contribution in [0.2, 0.25) is 0 Å². The zero-order valence-electron chi connectivity index (χ0n) is 9.45. The molecule has 6 heteroatoms. The summed E-state index contributed by atoms with van der Waals surface area (Å²) in [6, 6.07) is 11.5. The van der Waals surface area contributed by atoms with Crippen LogP contribution in [0.25, 0.3) is 10.7 Å². The third-order valence-corrected chi connectivity index (χ3v) is 3.64. The predicted octanol–water partition coefficient (Wildman–Crippen LogP) is 1.98. The molecule has 1 unspecified atom stereocenters. The summed E-state index contributed by atoms with van der Waals surface area (Å²) in [5.74, 6) is 0. The highest BCUT2D eigenvalue weighted by Gasteiger charge is 2.15. The largest absolute Gasteiger partial charge is 0.318 e. The lowest BCUT2D eigenvalue weighted by molar-refractivity contribution is 0.830. The summed E-state index contributed by atoms with van der Waals surface area (Å²) >= 11 is 1.48. The van der Waals surface area contributed by atoms with E-state index in [2.05, 4.69) is 20.4 Å². The summed E-state index contributed by atoms with van der Waals surface area (Å²) in [4.78, 5) is 0. The van der Waals surface area contributed by atoms with Crippen LogP contribution < -0.4 is 5.73 Å². The normalized spacial score (nSPS) is 12.5. The predicted molar refractivity (Wildman–Crippen MR) is 70.0 cm³/mol. The van der Waals surface area contributed by atoms with Crippen LogP contribution in [0.3, 0.4) is 0 Å². The lowest BCUT2D eigenvalue weighted by atomic mass is 10.1. The van der Waals surface area contributed by atoms with Gasteiger partial charge >= 0.3 is 0 Å². The molecule has 5 nitrogen and oxygen atoms in total. The van der Waals surface area contributed by atoms with Crippen LogP contribution >= 0.6 is 11.3 Å². The second-order valence-electron chi connectivity index (χ2n) is 3.80. The number of nitrogens with one attached hydrogen (secondary N) is 1. The minimum atomic E-state index is -0.236. The molecule has 0 fully saturated rings. The van der Waals surface area contributed by atoms with Crippen LogP contribution in [0, 0.1) is 0 Å². The molecule has 2 heterocycles. The standard InChI is InChI=1S/C12H11N5S/c13-10(8-4-2-1-3-5-8)12-17-16-11(18-12)9-6-7-14-15-9/h1-7,10H,13H2,(H,14,15). The van der Waals surface area contributed by atoms with Crippen molar-refractivity contribution >= 4 is 11.3 Å². The second kappa shape index (κ2) is 4.67. The van der Waals surface area contributed by atoms with E-state index in [1.807, 2.05) is 36.4 Å². The first-order valence-corrected chi connectivity index (χ1v) is 6.30. The van der Waals surface area contributed by atoms with Gasteiger partial charge in [0.25, 0.3) is 0 Å². The maximum Gasteiger partial charge on any atom is 0.165 e. The fraction of sp³-hybridized carbons (Fsp3) is 0.0833. The fourth-order valence-electron chi connectivity index (χ4n) is 1.65. The van der Waals surface area contributed by atoms with Crippen molar-refractivity contribution in [3.8, 4) is 10.7 Å². The Hall–Kier alpha value is -2.05.